The Balaban J connectivity index is 3.03. The summed E-state index contributed by atoms with van der Waals surface area (Å²) in [5.41, 5.74) is 0. The Labute approximate surface area is 75.0 Å². The predicted octanol–water partition coefficient (Wildman–Crippen LogP) is 1.93. The molecule has 0 bridgehead atoms. The summed E-state index contributed by atoms with van der Waals surface area (Å²) in [5, 5.41) is 0. The van der Waals surface area contributed by atoms with Crippen LogP contribution in [0.1, 0.15) is 12.8 Å². The van der Waals surface area contributed by atoms with E-state index in [2.05, 4.69) is 15.8 Å². The molecule has 1 heterocycles. The Bertz CT molecular complexity index is 226. The standard InChI is InChI=1S/C4H5NO2.4CH3.U/c6-3-1-2-4(7)5-3;;;;;/h1-2H2,(H,5,6,7);4*1H3;/q;;;;;+1/p-1. The van der Waals surface area contributed by atoms with Gasteiger partial charge in [-0.15, -0.1) is 0 Å². The van der Waals surface area contributed by atoms with E-state index in [1.54, 1.807) is 2.23 Å². The summed E-state index contributed by atoms with van der Waals surface area (Å²) in [4.78, 5) is 22.8. The maximum atomic E-state index is 11.4. The van der Waals surface area contributed by atoms with Crippen molar-refractivity contribution in [3.05, 3.63) is 0 Å². The summed E-state index contributed by atoms with van der Waals surface area (Å²) in [6, 6.07) is 0. The molecule has 0 radical (unpaired) electrons. The SMILES string of the molecule is [CH3][U]([CH3])([CH3])([CH3])[N]1C(=O)CCC1=O. The van der Waals surface area contributed by atoms with Gasteiger partial charge in [-0.2, -0.15) is 0 Å². The number of hydrogen-bond acceptors (Lipinski definition) is 2. The van der Waals surface area contributed by atoms with Gasteiger partial charge in [0.05, 0.1) is 0 Å². The zero-order chi connectivity index (χ0) is 9.59. The van der Waals surface area contributed by atoms with Crippen LogP contribution in [0, 0.1) is 23.0 Å². The van der Waals surface area contributed by atoms with Gasteiger partial charge in [-0.1, -0.05) is 0 Å². The van der Waals surface area contributed by atoms with Crippen LogP contribution in [0.2, 0.25) is 15.8 Å². The van der Waals surface area contributed by atoms with Gasteiger partial charge in [0.15, 0.2) is 0 Å². The third-order valence-electron chi connectivity index (χ3n) is 1.95. The van der Waals surface area contributed by atoms with Gasteiger partial charge < -0.3 is 0 Å². The third kappa shape index (κ3) is 1.92. The summed E-state index contributed by atoms with van der Waals surface area (Å²) in [7, 11) is 0. The van der Waals surface area contributed by atoms with Crippen LogP contribution in [-0.2, 0) is 9.59 Å². The van der Waals surface area contributed by atoms with E-state index >= 15 is 0 Å². The number of carbonyl (C=O) groups is 2. The van der Waals surface area contributed by atoms with Crippen molar-refractivity contribution >= 4 is 11.8 Å². The molecule has 0 aromatic heterocycles. The molecule has 0 spiro atoms. The second kappa shape index (κ2) is 2.59. The van der Waals surface area contributed by atoms with Crippen LogP contribution in [0.5, 0.6) is 0 Å². The fraction of sp³-hybridized carbons (Fsp3) is 0.750. The van der Waals surface area contributed by atoms with Crippen molar-refractivity contribution in [2.24, 2.45) is 0 Å². The number of carbonyl (C=O) groups excluding carboxylic acids is 2. The van der Waals surface area contributed by atoms with Crippen molar-refractivity contribution in [1.82, 2.24) is 2.23 Å². The van der Waals surface area contributed by atoms with E-state index in [1.807, 2.05) is 0 Å². The molecule has 1 rings (SSSR count). The molecule has 0 saturated carbocycles. The van der Waals surface area contributed by atoms with E-state index < -0.39 is 23.0 Å². The van der Waals surface area contributed by atoms with Crippen LogP contribution in [0.25, 0.3) is 0 Å². The van der Waals surface area contributed by atoms with Crippen LogP contribution >= 0.6 is 0 Å². The fourth-order valence-corrected chi connectivity index (χ4v) is 10.8. The molecule has 1 fully saturated rings. The minimum atomic E-state index is -3.21. The average molecular weight is 396 g/mol. The Morgan fingerprint density at radius 2 is 1.33 bits per heavy atom. The molecule has 3 nitrogen and oxygen atoms in total. The van der Waals surface area contributed by atoms with Crippen LogP contribution in [0.15, 0.2) is 0 Å². The third-order valence-corrected chi connectivity index (χ3v) is 11.5. The molecule has 0 aromatic rings. The number of nitrogens with zero attached hydrogens (tertiary/aromatic N) is 1. The van der Waals surface area contributed by atoms with Crippen molar-refractivity contribution in [2.45, 2.75) is 28.7 Å². The van der Waals surface area contributed by atoms with Gasteiger partial charge in [-0.3, -0.25) is 0 Å². The summed E-state index contributed by atoms with van der Waals surface area (Å²) in [5.74, 6) is 0.0985. The number of hydrogen-bond donors (Lipinski definition) is 0. The monoisotopic (exact) mass is 396 g/mol. The quantitative estimate of drug-likeness (QED) is 0.636. The topological polar surface area (TPSA) is 37.4 Å². The molecule has 1 aliphatic rings. The van der Waals surface area contributed by atoms with Crippen molar-refractivity contribution < 1.29 is 32.6 Å². The first-order valence-electron chi connectivity index (χ1n) is 4.29. The van der Waals surface area contributed by atoms with Crippen molar-refractivity contribution in [3.63, 3.8) is 0 Å². The average Bonchev–Trinajstić information content (AvgIpc) is 2.06. The Morgan fingerprint density at radius 3 is 1.50 bits per heavy atom. The van der Waals surface area contributed by atoms with Crippen molar-refractivity contribution in [3.8, 4) is 0 Å². The van der Waals surface area contributed by atoms with E-state index in [4.69, 9.17) is 0 Å². The maximum absolute atomic E-state index is 11.4. The second-order valence-electron chi connectivity index (χ2n) is 5.52. The zero-order valence-electron chi connectivity index (χ0n) is 8.18. The van der Waals surface area contributed by atoms with Crippen LogP contribution in [0.4, 0.5) is 0 Å². The van der Waals surface area contributed by atoms with E-state index in [0.717, 1.165) is 0 Å². The summed E-state index contributed by atoms with van der Waals surface area (Å²) < 4.78 is 10.1. The van der Waals surface area contributed by atoms with Crippen molar-refractivity contribution in [1.29, 1.82) is 0 Å². The molecule has 0 unspecified atom stereocenters. The fourth-order valence-electron chi connectivity index (χ4n) is 1.57. The predicted molar refractivity (Wildman–Crippen MR) is 44.5 cm³/mol. The van der Waals surface area contributed by atoms with Gasteiger partial charge in [-0.25, -0.2) is 0 Å². The summed E-state index contributed by atoms with van der Waals surface area (Å²) >= 11 is -3.21. The van der Waals surface area contributed by atoms with Crippen LogP contribution in [0.3, 0.4) is 0 Å². The Hall–Kier alpha value is 0.192. The van der Waals surface area contributed by atoms with E-state index in [-0.39, 0.29) is 11.8 Å². The van der Waals surface area contributed by atoms with Crippen LogP contribution < -0.4 is 0 Å². The van der Waals surface area contributed by atoms with Gasteiger partial charge in [0.25, 0.3) is 0 Å². The molecule has 1 saturated heterocycles. The molecule has 1 aliphatic heterocycles. The first-order chi connectivity index (χ1) is 5.18. The number of amides is 2. The molecular formula is C8H16NO2U. The molecule has 0 aromatic carbocycles. The molecule has 69 valence electrons. The van der Waals surface area contributed by atoms with Gasteiger partial charge in [0.2, 0.25) is 0 Å². The van der Waals surface area contributed by atoms with Gasteiger partial charge in [-0.05, 0) is 0 Å². The molecule has 0 N–H and O–H groups in total. The van der Waals surface area contributed by atoms with E-state index in [1.165, 1.54) is 0 Å². The number of imide groups is 1. The van der Waals surface area contributed by atoms with Gasteiger partial charge >= 0.3 is 75.3 Å². The van der Waals surface area contributed by atoms with Gasteiger partial charge in [0.1, 0.15) is 0 Å². The van der Waals surface area contributed by atoms with E-state index in [9.17, 15) is 9.59 Å². The Kier molecular flexibility index (Phi) is 2.22. The van der Waals surface area contributed by atoms with Crippen LogP contribution in [-0.4, -0.2) is 14.0 Å². The first kappa shape index (κ1) is 10.3. The molecule has 2 amide bonds. The summed E-state index contributed by atoms with van der Waals surface area (Å²) in [6.45, 7) is 0. The zero-order valence-corrected chi connectivity index (χ0v) is 12.3. The van der Waals surface area contributed by atoms with Gasteiger partial charge in [0, 0.05) is 0 Å². The molecule has 4 heteroatoms. The Morgan fingerprint density at radius 1 is 1.00 bits per heavy atom. The normalized spacial score (nSPS) is 22.7. The molecule has 0 atom stereocenters. The molecule has 0 aliphatic carbocycles. The second-order valence-corrected chi connectivity index (χ2v) is 39.8. The molecular weight excluding hydrogens is 380 g/mol. The first-order valence-corrected chi connectivity index (χ1v) is 22.8. The summed E-state index contributed by atoms with van der Waals surface area (Å²) in [6.07, 6.45) is 0.853. The van der Waals surface area contributed by atoms with Crippen molar-refractivity contribution in [2.75, 3.05) is 0 Å². The minimum absolute atomic E-state index is 0.0492. The molecule has 12 heavy (non-hydrogen) atoms. The van der Waals surface area contributed by atoms with E-state index in [0.29, 0.717) is 12.8 Å². The number of rotatable bonds is 1.